The van der Waals surface area contributed by atoms with Crippen molar-refractivity contribution >= 4 is 11.6 Å². The molecule has 0 bridgehead atoms. The molecule has 1 rings (SSSR count). The topological polar surface area (TPSA) is 35.0 Å². The van der Waals surface area contributed by atoms with Crippen molar-refractivity contribution in [3.63, 3.8) is 0 Å². The van der Waals surface area contributed by atoms with E-state index in [1.54, 1.807) is 12.4 Å². The number of hydrogen-bond acceptors (Lipinski definition) is 3. The molecule has 1 atom stereocenters. The molecule has 0 spiro atoms. The van der Waals surface area contributed by atoms with Crippen LogP contribution < -0.4 is 4.74 Å². The van der Waals surface area contributed by atoms with Gasteiger partial charge >= 0.3 is 0 Å². The molecule has 0 saturated heterocycles. The van der Waals surface area contributed by atoms with Crippen molar-refractivity contribution in [1.29, 1.82) is 0 Å². The molecule has 0 N–H and O–H groups in total. The highest BCUT2D eigenvalue weighted by atomic mass is 35.5. The highest BCUT2D eigenvalue weighted by Crippen LogP contribution is 2.20. The Morgan fingerprint density at radius 1 is 1.36 bits per heavy atom. The van der Waals surface area contributed by atoms with Crippen molar-refractivity contribution < 1.29 is 4.74 Å². The van der Waals surface area contributed by atoms with Gasteiger partial charge in [-0.05, 0) is 12.8 Å². The molecule has 14 heavy (non-hydrogen) atoms. The van der Waals surface area contributed by atoms with Crippen molar-refractivity contribution in [2.75, 3.05) is 0 Å². The predicted molar refractivity (Wildman–Crippen MR) is 56.7 cm³/mol. The van der Waals surface area contributed by atoms with E-state index in [9.17, 15) is 0 Å². The summed E-state index contributed by atoms with van der Waals surface area (Å²) in [5.74, 6) is 0.439. The fraction of sp³-hybridized carbons (Fsp3) is 0.600. The van der Waals surface area contributed by atoms with Crippen LogP contribution in [0, 0.1) is 0 Å². The molecular formula is C10H15ClN2O. The number of halogens is 1. The van der Waals surface area contributed by atoms with Gasteiger partial charge in [0.15, 0.2) is 5.15 Å². The molecular weight excluding hydrogens is 200 g/mol. The molecule has 0 saturated carbocycles. The Labute approximate surface area is 89.5 Å². The molecule has 1 aromatic rings. The van der Waals surface area contributed by atoms with E-state index in [0.717, 1.165) is 19.3 Å². The Hall–Kier alpha value is -0.830. The molecule has 0 aromatic carbocycles. The maximum Gasteiger partial charge on any atom is 0.252 e. The second-order valence-electron chi connectivity index (χ2n) is 3.09. The number of rotatable bonds is 5. The smallest absolute Gasteiger partial charge is 0.252 e. The van der Waals surface area contributed by atoms with Gasteiger partial charge in [-0.1, -0.05) is 31.9 Å². The second kappa shape index (κ2) is 5.81. The Morgan fingerprint density at radius 3 is 2.64 bits per heavy atom. The van der Waals surface area contributed by atoms with E-state index in [2.05, 4.69) is 23.8 Å². The summed E-state index contributed by atoms with van der Waals surface area (Å²) in [6.45, 7) is 4.22. The minimum Gasteiger partial charge on any atom is -0.472 e. The molecule has 0 aliphatic heterocycles. The van der Waals surface area contributed by atoms with Crippen LogP contribution in [0.15, 0.2) is 12.4 Å². The molecule has 0 aliphatic rings. The van der Waals surface area contributed by atoms with Crippen molar-refractivity contribution in [2.45, 2.75) is 39.2 Å². The lowest BCUT2D eigenvalue weighted by atomic mass is 10.2. The molecule has 1 heterocycles. The van der Waals surface area contributed by atoms with Crippen molar-refractivity contribution in [1.82, 2.24) is 9.97 Å². The van der Waals surface area contributed by atoms with Crippen LogP contribution in [0.5, 0.6) is 5.88 Å². The summed E-state index contributed by atoms with van der Waals surface area (Å²) in [5, 5.41) is 0.335. The van der Waals surface area contributed by atoms with Crippen molar-refractivity contribution in [2.24, 2.45) is 0 Å². The second-order valence-corrected chi connectivity index (χ2v) is 3.45. The molecule has 1 aromatic heterocycles. The van der Waals surface area contributed by atoms with Gasteiger partial charge in [0.25, 0.3) is 5.88 Å². The molecule has 1 unspecified atom stereocenters. The Kier molecular flexibility index (Phi) is 4.66. The van der Waals surface area contributed by atoms with Gasteiger partial charge in [0.1, 0.15) is 6.10 Å². The summed E-state index contributed by atoms with van der Waals surface area (Å²) >= 11 is 5.83. The first-order valence-electron chi connectivity index (χ1n) is 4.91. The average molecular weight is 215 g/mol. The van der Waals surface area contributed by atoms with Gasteiger partial charge in [0, 0.05) is 12.4 Å². The predicted octanol–water partition coefficient (Wildman–Crippen LogP) is 3.09. The summed E-state index contributed by atoms with van der Waals surface area (Å²) in [4.78, 5) is 7.94. The largest absolute Gasteiger partial charge is 0.472 e. The van der Waals surface area contributed by atoms with E-state index in [1.807, 2.05) is 0 Å². The standard InChI is InChI=1S/C10H15ClN2O/c1-3-5-8(4-2)14-10-9(11)12-6-7-13-10/h6-8H,3-5H2,1-2H3. The number of ether oxygens (including phenoxy) is 1. The SMILES string of the molecule is CCCC(CC)Oc1nccnc1Cl. The fourth-order valence-electron chi connectivity index (χ4n) is 1.21. The summed E-state index contributed by atoms with van der Waals surface area (Å²) in [7, 11) is 0. The molecule has 0 amide bonds. The highest BCUT2D eigenvalue weighted by Gasteiger charge is 2.10. The first-order chi connectivity index (χ1) is 6.77. The van der Waals surface area contributed by atoms with Crippen LogP contribution in [0.3, 0.4) is 0 Å². The number of aromatic nitrogens is 2. The number of hydrogen-bond donors (Lipinski definition) is 0. The zero-order valence-electron chi connectivity index (χ0n) is 8.53. The summed E-state index contributed by atoms with van der Waals surface area (Å²) < 4.78 is 5.63. The van der Waals surface area contributed by atoms with Crippen LogP contribution in [-0.2, 0) is 0 Å². The minimum atomic E-state index is 0.189. The average Bonchev–Trinajstić information content (AvgIpc) is 2.20. The zero-order valence-corrected chi connectivity index (χ0v) is 9.29. The first-order valence-corrected chi connectivity index (χ1v) is 5.28. The van der Waals surface area contributed by atoms with Gasteiger partial charge in [0.05, 0.1) is 0 Å². The van der Waals surface area contributed by atoms with Gasteiger partial charge in [-0.2, -0.15) is 0 Å². The van der Waals surface area contributed by atoms with Gasteiger partial charge in [-0.15, -0.1) is 0 Å². The minimum absolute atomic E-state index is 0.189. The quantitative estimate of drug-likeness (QED) is 0.756. The van der Waals surface area contributed by atoms with Crippen molar-refractivity contribution in [3.8, 4) is 5.88 Å². The van der Waals surface area contributed by atoms with Crippen LogP contribution in [0.2, 0.25) is 5.15 Å². The zero-order chi connectivity index (χ0) is 10.4. The lowest BCUT2D eigenvalue weighted by Gasteiger charge is -2.15. The highest BCUT2D eigenvalue weighted by molar-refractivity contribution is 6.30. The van der Waals surface area contributed by atoms with Gasteiger partial charge in [0.2, 0.25) is 0 Å². The Morgan fingerprint density at radius 2 is 2.07 bits per heavy atom. The summed E-state index contributed by atoms with van der Waals surface area (Å²) in [6, 6.07) is 0. The first kappa shape index (κ1) is 11.2. The monoisotopic (exact) mass is 214 g/mol. The third-order valence-electron chi connectivity index (χ3n) is 1.97. The van der Waals surface area contributed by atoms with E-state index in [1.165, 1.54) is 0 Å². The Balaban J connectivity index is 2.62. The van der Waals surface area contributed by atoms with Crippen LogP contribution >= 0.6 is 11.6 Å². The molecule has 78 valence electrons. The van der Waals surface area contributed by atoms with Gasteiger partial charge in [-0.3, -0.25) is 0 Å². The van der Waals surface area contributed by atoms with Crippen molar-refractivity contribution in [3.05, 3.63) is 17.5 Å². The van der Waals surface area contributed by atoms with Crippen LogP contribution in [0.1, 0.15) is 33.1 Å². The molecule has 0 aliphatic carbocycles. The molecule has 3 nitrogen and oxygen atoms in total. The van der Waals surface area contributed by atoms with Crippen LogP contribution in [0.25, 0.3) is 0 Å². The normalized spacial score (nSPS) is 12.5. The third-order valence-corrected chi connectivity index (χ3v) is 2.23. The van der Waals surface area contributed by atoms with E-state index in [4.69, 9.17) is 16.3 Å². The molecule has 0 fully saturated rings. The maximum atomic E-state index is 5.83. The Bertz CT molecular complexity index is 281. The molecule has 0 radical (unpaired) electrons. The third kappa shape index (κ3) is 3.14. The summed E-state index contributed by atoms with van der Waals surface area (Å²) in [6.07, 6.45) is 6.39. The van der Waals surface area contributed by atoms with E-state index >= 15 is 0 Å². The van der Waals surface area contributed by atoms with E-state index in [-0.39, 0.29) is 6.10 Å². The summed E-state index contributed by atoms with van der Waals surface area (Å²) in [5.41, 5.74) is 0. The van der Waals surface area contributed by atoms with Gasteiger partial charge in [-0.25, -0.2) is 9.97 Å². The fourth-order valence-corrected chi connectivity index (χ4v) is 1.36. The van der Waals surface area contributed by atoms with E-state index in [0.29, 0.717) is 11.0 Å². The van der Waals surface area contributed by atoms with Crippen LogP contribution in [0.4, 0.5) is 0 Å². The van der Waals surface area contributed by atoms with E-state index < -0.39 is 0 Å². The lowest BCUT2D eigenvalue weighted by molar-refractivity contribution is 0.177. The lowest BCUT2D eigenvalue weighted by Crippen LogP contribution is -2.15. The number of nitrogens with zero attached hydrogens (tertiary/aromatic N) is 2. The van der Waals surface area contributed by atoms with Crippen LogP contribution in [-0.4, -0.2) is 16.1 Å². The molecule has 4 heteroatoms. The van der Waals surface area contributed by atoms with Gasteiger partial charge < -0.3 is 4.74 Å². The maximum absolute atomic E-state index is 5.83.